The quantitative estimate of drug-likeness (QED) is 0.853. The third kappa shape index (κ3) is 3.99. The lowest BCUT2D eigenvalue weighted by Crippen LogP contribution is -2.55. The molecule has 7 heteroatoms. The molecule has 1 aliphatic heterocycles. The second kappa shape index (κ2) is 7.83. The number of nitrogens with one attached hydrogen (secondary N) is 1. The highest BCUT2D eigenvalue weighted by atomic mass is 19.4. The first-order valence-corrected chi connectivity index (χ1v) is 9.07. The topological polar surface area (TPSA) is 41.6 Å². The van der Waals surface area contributed by atoms with Gasteiger partial charge in [0.1, 0.15) is 5.75 Å². The zero-order chi connectivity index (χ0) is 20.4. The Balaban J connectivity index is 2.05. The normalized spacial score (nSPS) is 20.6. The summed E-state index contributed by atoms with van der Waals surface area (Å²) in [6, 6.07) is 12.9. The average molecular weight is 392 g/mol. The number of rotatable bonds is 4. The van der Waals surface area contributed by atoms with Crippen LogP contribution >= 0.6 is 0 Å². The Hall–Kier alpha value is -2.54. The summed E-state index contributed by atoms with van der Waals surface area (Å²) >= 11 is 0. The molecule has 1 heterocycles. The number of likely N-dealkylation sites (tertiary alicyclic amines) is 1. The number of methoxy groups -OCH3 is 1. The van der Waals surface area contributed by atoms with Crippen molar-refractivity contribution in [2.75, 3.05) is 27.2 Å². The Morgan fingerprint density at radius 3 is 2.46 bits per heavy atom. The van der Waals surface area contributed by atoms with Gasteiger partial charge in [0.25, 0.3) is 5.91 Å². The van der Waals surface area contributed by atoms with E-state index in [0.717, 1.165) is 24.6 Å². The Morgan fingerprint density at radius 2 is 1.86 bits per heavy atom. The number of hydrogen-bond acceptors (Lipinski definition) is 3. The fraction of sp³-hybridized carbons (Fsp3) is 0.381. The standard InChI is InChI=1S/C21H23F3N2O2/c1-26-13-7-12-20(14-26,15-8-4-3-5-9-15)25-19(27)18-16(21(22,23)24)10-6-11-17(18)28-2/h3-6,8-11H,7,12-14H2,1-2H3,(H,25,27). The molecule has 1 N–H and O–H groups in total. The highest BCUT2D eigenvalue weighted by Gasteiger charge is 2.41. The summed E-state index contributed by atoms with van der Waals surface area (Å²) in [5.74, 6) is -0.886. The monoisotopic (exact) mass is 392 g/mol. The van der Waals surface area contributed by atoms with E-state index in [-0.39, 0.29) is 5.75 Å². The highest BCUT2D eigenvalue weighted by Crippen LogP contribution is 2.37. The van der Waals surface area contributed by atoms with Gasteiger partial charge in [0.05, 0.1) is 23.8 Å². The van der Waals surface area contributed by atoms with Crippen molar-refractivity contribution in [3.63, 3.8) is 0 Å². The van der Waals surface area contributed by atoms with Crippen molar-refractivity contribution in [3.05, 3.63) is 65.2 Å². The zero-order valence-corrected chi connectivity index (χ0v) is 15.8. The number of nitrogens with zero attached hydrogens (tertiary/aromatic N) is 1. The fourth-order valence-electron chi connectivity index (χ4n) is 3.89. The summed E-state index contributed by atoms with van der Waals surface area (Å²) < 4.78 is 45.7. The summed E-state index contributed by atoms with van der Waals surface area (Å²) in [5.41, 5.74) is -1.38. The number of alkyl halides is 3. The van der Waals surface area contributed by atoms with Crippen LogP contribution in [0.1, 0.15) is 34.3 Å². The van der Waals surface area contributed by atoms with Crippen molar-refractivity contribution in [2.45, 2.75) is 24.6 Å². The molecule has 2 aromatic carbocycles. The van der Waals surface area contributed by atoms with E-state index in [1.807, 2.05) is 37.4 Å². The van der Waals surface area contributed by atoms with Crippen LogP contribution in [0.25, 0.3) is 0 Å². The van der Waals surface area contributed by atoms with Gasteiger partial charge in [0.2, 0.25) is 0 Å². The predicted molar refractivity (Wildman–Crippen MR) is 100 cm³/mol. The van der Waals surface area contributed by atoms with Crippen LogP contribution in [0.3, 0.4) is 0 Å². The van der Waals surface area contributed by atoms with E-state index in [1.54, 1.807) is 0 Å². The maximum Gasteiger partial charge on any atom is 0.417 e. The van der Waals surface area contributed by atoms with E-state index >= 15 is 0 Å². The third-order valence-corrected chi connectivity index (χ3v) is 5.14. The van der Waals surface area contributed by atoms with E-state index in [2.05, 4.69) is 10.2 Å². The number of carbonyl (C=O) groups excluding carboxylic acids is 1. The molecule has 150 valence electrons. The lowest BCUT2D eigenvalue weighted by molar-refractivity contribution is -0.138. The summed E-state index contributed by atoms with van der Waals surface area (Å²) in [7, 11) is 3.20. The van der Waals surface area contributed by atoms with E-state index < -0.39 is 28.7 Å². The maximum atomic E-state index is 13.5. The number of halogens is 3. The van der Waals surface area contributed by atoms with Gasteiger partial charge in [-0.3, -0.25) is 4.79 Å². The van der Waals surface area contributed by atoms with Gasteiger partial charge in [-0.05, 0) is 44.1 Å². The summed E-state index contributed by atoms with van der Waals surface area (Å²) in [4.78, 5) is 15.2. The minimum absolute atomic E-state index is 0.0975. The van der Waals surface area contributed by atoms with Crippen LogP contribution in [-0.4, -0.2) is 38.1 Å². The van der Waals surface area contributed by atoms with Gasteiger partial charge in [-0.25, -0.2) is 0 Å². The zero-order valence-electron chi connectivity index (χ0n) is 15.8. The summed E-state index contributed by atoms with van der Waals surface area (Å²) in [6.45, 7) is 1.38. The molecule has 0 spiro atoms. The van der Waals surface area contributed by atoms with Crippen LogP contribution in [-0.2, 0) is 11.7 Å². The average Bonchev–Trinajstić information content (AvgIpc) is 2.67. The van der Waals surface area contributed by atoms with E-state index in [4.69, 9.17) is 4.74 Å². The Labute approximate surface area is 162 Å². The van der Waals surface area contributed by atoms with E-state index in [9.17, 15) is 18.0 Å². The molecule has 0 bridgehead atoms. The molecule has 4 nitrogen and oxygen atoms in total. The molecule has 1 aliphatic rings. The van der Waals surface area contributed by atoms with Gasteiger partial charge in [-0.15, -0.1) is 0 Å². The lowest BCUT2D eigenvalue weighted by atomic mass is 9.82. The van der Waals surface area contributed by atoms with Crippen LogP contribution in [0, 0.1) is 0 Å². The van der Waals surface area contributed by atoms with Crippen molar-refractivity contribution in [3.8, 4) is 5.75 Å². The van der Waals surface area contributed by atoms with Crippen molar-refractivity contribution >= 4 is 5.91 Å². The van der Waals surface area contributed by atoms with Gasteiger partial charge in [-0.1, -0.05) is 36.4 Å². The molecule has 28 heavy (non-hydrogen) atoms. The smallest absolute Gasteiger partial charge is 0.417 e. The van der Waals surface area contributed by atoms with E-state index in [1.165, 1.54) is 19.2 Å². The predicted octanol–water partition coefficient (Wildman–Crippen LogP) is 4.06. The number of piperidine rings is 1. The van der Waals surface area contributed by atoms with Crippen LogP contribution < -0.4 is 10.1 Å². The molecule has 2 aromatic rings. The largest absolute Gasteiger partial charge is 0.496 e. The molecule has 1 amide bonds. The van der Waals surface area contributed by atoms with Crippen LogP contribution in [0.5, 0.6) is 5.75 Å². The van der Waals surface area contributed by atoms with Gasteiger partial charge in [0, 0.05) is 6.54 Å². The summed E-state index contributed by atoms with van der Waals surface area (Å²) in [5, 5.41) is 2.92. The molecular formula is C21H23F3N2O2. The molecule has 1 atom stereocenters. The van der Waals surface area contributed by atoms with Crippen LogP contribution in [0.4, 0.5) is 13.2 Å². The Kier molecular flexibility index (Phi) is 5.65. The first kappa shape index (κ1) is 20.2. The molecule has 0 radical (unpaired) electrons. The second-order valence-electron chi connectivity index (χ2n) is 7.12. The molecule has 0 saturated carbocycles. The van der Waals surface area contributed by atoms with Crippen molar-refractivity contribution < 1.29 is 22.7 Å². The maximum absolute atomic E-state index is 13.5. The minimum atomic E-state index is -4.66. The molecule has 1 saturated heterocycles. The number of amides is 1. The molecule has 3 rings (SSSR count). The van der Waals surface area contributed by atoms with E-state index in [0.29, 0.717) is 13.0 Å². The third-order valence-electron chi connectivity index (χ3n) is 5.14. The molecular weight excluding hydrogens is 369 g/mol. The van der Waals surface area contributed by atoms with Crippen molar-refractivity contribution in [1.82, 2.24) is 10.2 Å². The van der Waals surface area contributed by atoms with Crippen molar-refractivity contribution in [2.24, 2.45) is 0 Å². The van der Waals surface area contributed by atoms with Gasteiger partial charge < -0.3 is 15.0 Å². The first-order chi connectivity index (χ1) is 13.3. The molecule has 0 aliphatic carbocycles. The molecule has 1 fully saturated rings. The Morgan fingerprint density at radius 1 is 1.14 bits per heavy atom. The number of hydrogen-bond donors (Lipinski definition) is 1. The second-order valence-corrected chi connectivity index (χ2v) is 7.12. The van der Waals surface area contributed by atoms with Crippen LogP contribution in [0.15, 0.2) is 48.5 Å². The van der Waals surface area contributed by atoms with Gasteiger partial charge in [-0.2, -0.15) is 13.2 Å². The Bertz CT molecular complexity index is 839. The van der Waals surface area contributed by atoms with Gasteiger partial charge in [0.15, 0.2) is 0 Å². The highest BCUT2D eigenvalue weighted by molar-refractivity contribution is 5.99. The fourth-order valence-corrected chi connectivity index (χ4v) is 3.89. The number of likely N-dealkylation sites (N-methyl/N-ethyl adjacent to an activating group) is 1. The SMILES string of the molecule is COc1cccc(C(F)(F)F)c1C(=O)NC1(c2ccccc2)CCCN(C)C1. The molecule has 1 unspecified atom stereocenters. The first-order valence-electron chi connectivity index (χ1n) is 9.07. The van der Waals surface area contributed by atoms with Crippen LogP contribution in [0.2, 0.25) is 0 Å². The minimum Gasteiger partial charge on any atom is -0.496 e. The number of ether oxygens (including phenoxy) is 1. The molecule has 0 aromatic heterocycles. The summed E-state index contributed by atoms with van der Waals surface area (Å²) in [6.07, 6.45) is -3.20. The number of carbonyl (C=O) groups is 1. The van der Waals surface area contributed by atoms with Crippen molar-refractivity contribution in [1.29, 1.82) is 0 Å². The van der Waals surface area contributed by atoms with Gasteiger partial charge >= 0.3 is 6.18 Å². The number of benzene rings is 2. The lowest BCUT2D eigenvalue weighted by Gasteiger charge is -2.42.